The second-order valence-corrected chi connectivity index (χ2v) is 6.31. The van der Waals surface area contributed by atoms with Gasteiger partial charge in [-0.15, -0.1) is 11.3 Å². The highest BCUT2D eigenvalue weighted by Crippen LogP contribution is 2.34. The number of rotatable bonds is 5. The average Bonchev–Trinajstić information content (AvgIpc) is 3.25. The van der Waals surface area contributed by atoms with Crippen LogP contribution in [0.25, 0.3) is 10.6 Å². The van der Waals surface area contributed by atoms with Crippen LogP contribution >= 0.6 is 11.3 Å². The SMILES string of the molecule is O=C(NCCn1ccc(-c2cccs2)n1)Nc1ccccc1C(F)(F)F. The molecule has 0 aliphatic carbocycles. The molecule has 0 aliphatic heterocycles. The summed E-state index contributed by atoms with van der Waals surface area (Å²) in [5, 5.41) is 11.1. The minimum Gasteiger partial charge on any atom is -0.336 e. The van der Waals surface area contributed by atoms with Gasteiger partial charge in [0.2, 0.25) is 0 Å². The molecule has 0 bridgehead atoms. The Morgan fingerprint density at radius 2 is 1.96 bits per heavy atom. The van der Waals surface area contributed by atoms with E-state index >= 15 is 0 Å². The van der Waals surface area contributed by atoms with E-state index in [1.807, 2.05) is 23.6 Å². The summed E-state index contributed by atoms with van der Waals surface area (Å²) < 4.78 is 40.4. The lowest BCUT2D eigenvalue weighted by Gasteiger charge is -2.14. The maximum atomic E-state index is 12.9. The molecule has 26 heavy (non-hydrogen) atoms. The first-order valence-corrected chi connectivity index (χ1v) is 8.60. The minimum atomic E-state index is -4.53. The van der Waals surface area contributed by atoms with E-state index in [1.54, 1.807) is 22.2 Å². The Morgan fingerprint density at radius 1 is 1.15 bits per heavy atom. The van der Waals surface area contributed by atoms with Gasteiger partial charge in [0.05, 0.1) is 22.7 Å². The number of amides is 2. The number of hydrogen-bond donors (Lipinski definition) is 2. The molecule has 0 saturated carbocycles. The molecular weight excluding hydrogens is 365 g/mol. The number of hydrogen-bond acceptors (Lipinski definition) is 3. The zero-order chi connectivity index (χ0) is 18.6. The summed E-state index contributed by atoms with van der Waals surface area (Å²) in [5.41, 5.74) is -0.331. The van der Waals surface area contributed by atoms with Crippen LogP contribution < -0.4 is 10.6 Å². The fourth-order valence-corrected chi connectivity index (χ4v) is 3.02. The van der Waals surface area contributed by atoms with E-state index in [0.717, 1.165) is 16.6 Å². The number of anilines is 1. The van der Waals surface area contributed by atoms with E-state index in [4.69, 9.17) is 0 Å². The van der Waals surface area contributed by atoms with Gasteiger partial charge in [-0.1, -0.05) is 18.2 Å². The van der Waals surface area contributed by atoms with Crippen LogP contribution in [0.15, 0.2) is 54.0 Å². The number of benzene rings is 1. The van der Waals surface area contributed by atoms with Gasteiger partial charge in [0.1, 0.15) is 5.69 Å². The van der Waals surface area contributed by atoms with Gasteiger partial charge in [0.25, 0.3) is 0 Å². The number of nitrogens with one attached hydrogen (secondary N) is 2. The molecule has 0 aliphatic rings. The van der Waals surface area contributed by atoms with Crippen molar-refractivity contribution < 1.29 is 18.0 Å². The van der Waals surface area contributed by atoms with Crippen LogP contribution in [0.3, 0.4) is 0 Å². The quantitative estimate of drug-likeness (QED) is 0.687. The highest BCUT2D eigenvalue weighted by molar-refractivity contribution is 7.13. The van der Waals surface area contributed by atoms with Gasteiger partial charge in [0, 0.05) is 12.7 Å². The van der Waals surface area contributed by atoms with Crippen molar-refractivity contribution in [3.05, 3.63) is 59.6 Å². The van der Waals surface area contributed by atoms with Crippen molar-refractivity contribution in [2.24, 2.45) is 0 Å². The molecule has 1 aromatic carbocycles. The van der Waals surface area contributed by atoms with E-state index in [0.29, 0.717) is 6.54 Å². The monoisotopic (exact) mass is 380 g/mol. The molecule has 2 heterocycles. The summed E-state index contributed by atoms with van der Waals surface area (Å²) in [4.78, 5) is 12.9. The largest absolute Gasteiger partial charge is 0.418 e. The second-order valence-electron chi connectivity index (χ2n) is 5.37. The molecule has 0 fully saturated rings. The Hall–Kier alpha value is -2.81. The average molecular weight is 380 g/mol. The van der Waals surface area contributed by atoms with Crippen LogP contribution in [0.5, 0.6) is 0 Å². The highest BCUT2D eigenvalue weighted by Gasteiger charge is 2.33. The molecule has 136 valence electrons. The normalized spacial score (nSPS) is 11.3. The molecule has 0 atom stereocenters. The molecule has 0 saturated heterocycles. The summed E-state index contributed by atoms with van der Waals surface area (Å²) in [7, 11) is 0. The number of carbonyl (C=O) groups is 1. The fourth-order valence-electron chi connectivity index (χ4n) is 2.33. The van der Waals surface area contributed by atoms with Crippen molar-refractivity contribution >= 4 is 23.1 Å². The lowest BCUT2D eigenvalue weighted by Crippen LogP contribution is -2.32. The third-order valence-corrected chi connectivity index (χ3v) is 4.41. The molecule has 2 aromatic heterocycles. The van der Waals surface area contributed by atoms with E-state index in [2.05, 4.69) is 15.7 Å². The first-order valence-electron chi connectivity index (χ1n) is 7.72. The van der Waals surface area contributed by atoms with Crippen molar-refractivity contribution in [1.82, 2.24) is 15.1 Å². The van der Waals surface area contributed by atoms with Crippen LogP contribution in [-0.2, 0) is 12.7 Å². The number of urea groups is 1. The summed E-state index contributed by atoms with van der Waals surface area (Å²) >= 11 is 1.58. The van der Waals surface area contributed by atoms with Crippen molar-refractivity contribution in [1.29, 1.82) is 0 Å². The summed E-state index contributed by atoms with van der Waals surface area (Å²) in [5.74, 6) is 0. The maximum Gasteiger partial charge on any atom is 0.418 e. The maximum absolute atomic E-state index is 12.9. The Kier molecular flexibility index (Phi) is 5.27. The lowest BCUT2D eigenvalue weighted by molar-refractivity contribution is -0.136. The van der Waals surface area contributed by atoms with Crippen LogP contribution in [0.4, 0.5) is 23.7 Å². The fraction of sp³-hybridized carbons (Fsp3) is 0.176. The van der Waals surface area contributed by atoms with E-state index < -0.39 is 17.8 Å². The van der Waals surface area contributed by atoms with E-state index in [-0.39, 0.29) is 12.2 Å². The predicted molar refractivity (Wildman–Crippen MR) is 94.0 cm³/mol. The van der Waals surface area contributed by atoms with Crippen LogP contribution in [0.2, 0.25) is 0 Å². The third-order valence-electron chi connectivity index (χ3n) is 3.52. The Balaban J connectivity index is 1.53. The van der Waals surface area contributed by atoms with Gasteiger partial charge in [-0.25, -0.2) is 4.79 Å². The van der Waals surface area contributed by atoms with Gasteiger partial charge in [-0.3, -0.25) is 4.68 Å². The molecule has 3 aromatic rings. The van der Waals surface area contributed by atoms with Crippen molar-refractivity contribution in [3.8, 4) is 10.6 Å². The molecule has 3 rings (SSSR count). The molecule has 0 radical (unpaired) electrons. The molecule has 0 unspecified atom stereocenters. The number of carbonyl (C=O) groups excluding carboxylic acids is 1. The van der Waals surface area contributed by atoms with Crippen molar-refractivity contribution in [3.63, 3.8) is 0 Å². The number of halogens is 3. The Bertz CT molecular complexity index is 874. The summed E-state index contributed by atoms with van der Waals surface area (Å²) in [6.07, 6.45) is -2.75. The van der Waals surface area contributed by atoms with E-state index in [1.165, 1.54) is 18.2 Å². The predicted octanol–water partition coefficient (Wildman–Crippen LogP) is 4.45. The summed E-state index contributed by atoms with van der Waals surface area (Å²) in [6.45, 7) is 0.630. The number of alkyl halides is 3. The van der Waals surface area contributed by atoms with Crippen molar-refractivity contribution in [2.75, 3.05) is 11.9 Å². The molecule has 5 nitrogen and oxygen atoms in total. The highest BCUT2D eigenvalue weighted by atomic mass is 32.1. The molecule has 2 amide bonds. The number of aromatic nitrogens is 2. The zero-order valence-electron chi connectivity index (χ0n) is 13.5. The van der Waals surface area contributed by atoms with Crippen LogP contribution in [0, 0.1) is 0 Å². The van der Waals surface area contributed by atoms with Gasteiger partial charge in [-0.2, -0.15) is 18.3 Å². The lowest BCUT2D eigenvalue weighted by atomic mass is 10.1. The first kappa shape index (κ1) is 18.0. The minimum absolute atomic E-state index is 0.228. The number of thiophene rings is 1. The van der Waals surface area contributed by atoms with Gasteiger partial charge in [-0.05, 0) is 29.6 Å². The van der Waals surface area contributed by atoms with Gasteiger partial charge in [0.15, 0.2) is 0 Å². The zero-order valence-corrected chi connectivity index (χ0v) is 14.3. The van der Waals surface area contributed by atoms with E-state index in [9.17, 15) is 18.0 Å². The molecule has 0 spiro atoms. The number of nitrogens with zero attached hydrogens (tertiary/aromatic N) is 2. The van der Waals surface area contributed by atoms with Gasteiger partial charge >= 0.3 is 12.2 Å². The molecule has 2 N–H and O–H groups in total. The molecular formula is C17H15F3N4OS. The Labute approximate surface area is 151 Å². The van der Waals surface area contributed by atoms with Gasteiger partial charge < -0.3 is 10.6 Å². The number of para-hydroxylation sites is 1. The van der Waals surface area contributed by atoms with Crippen LogP contribution in [-0.4, -0.2) is 22.4 Å². The first-order chi connectivity index (χ1) is 12.4. The van der Waals surface area contributed by atoms with Crippen LogP contribution in [0.1, 0.15) is 5.56 Å². The smallest absolute Gasteiger partial charge is 0.336 e. The second kappa shape index (κ2) is 7.61. The standard InChI is InChI=1S/C17H15F3N4OS/c18-17(19,20)12-4-1-2-5-13(12)22-16(25)21-8-10-24-9-7-14(23-24)15-6-3-11-26-15/h1-7,9,11H,8,10H2,(H2,21,22,25). The summed E-state index contributed by atoms with van der Waals surface area (Å²) in [6, 6.07) is 9.90. The third kappa shape index (κ3) is 4.42. The topological polar surface area (TPSA) is 59.0 Å². The van der Waals surface area contributed by atoms with Crippen molar-refractivity contribution in [2.45, 2.75) is 12.7 Å². The molecule has 9 heteroatoms. The Morgan fingerprint density at radius 3 is 2.69 bits per heavy atom.